The van der Waals surface area contributed by atoms with Crippen molar-refractivity contribution in [3.8, 4) is 11.5 Å². The summed E-state index contributed by atoms with van der Waals surface area (Å²) in [6.45, 7) is 0. The van der Waals surface area contributed by atoms with E-state index in [-0.39, 0.29) is 27.2 Å². The fourth-order valence-electron chi connectivity index (χ4n) is 3.29. The number of nitrogen functional groups attached to an aromatic ring is 1. The first-order valence-electron chi connectivity index (χ1n) is 9.03. The van der Waals surface area contributed by atoms with Gasteiger partial charge in [-0.1, -0.05) is 0 Å². The Kier molecular flexibility index (Phi) is 5.21. The lowest BCUT2D eigenvalue weighted by Gasteiger charge is -2.09. The lowest BCUT2D eigenvalue weighted by atomic mass is 10.1. The van der Waals surface area contributed by atoms with E-state index in [4.69, 9.17) is 5.73 Å². The molecule has 33 heavy (non-hydrogen) atoms. The minimum Gasteiger partial charge on any atom is -0.507 e. The highest BCUT2D eigenvalue weighted by Crippen LogP contribution is 2.42. The van der Waals surface area contributed by atoms with Gasteiger partial charge in [-0.2, -0.15) is 21.9 Å². The van der Waals surface area contributed by atoms with E-state index in [2.05, 4.69) is 10.2 Å². The Labute approximate surface area is 186 Å². The monoisotopic (exact) mass is 489 g/mol. The quantitative estimate of drug-likeness (QED) is 0.160. The van der Waals surface area contributed by atoms with Crippen LogP contribution in [0.2, 0.25) is 0 Å². The minimum absolute atomic E-state index is 0.0903. The maximum absolute atomic E-state index is 11.9. The zero-order valence-corrected chi connectivity index (χ0v) is 18.0. The highest BCUT2D eigenvalue weighted by atomic mass is 32.2. The molecule has 0 aliphatic carbocycles. The van der Waals surface area contributed by atoms with Crippen LogP contribution in [0, 0.1) is 0 Å². The number of phenols is 2. The molecule has 0 amide bonds. The first-order chi connectivity index (χ1) is 15.3. The third-order valence-corrected chi connectivity index (χ3v) is 6.50. The molecule has 0 aliphatic rings. The van der Waals surface area contributed by atoms with Gasteiger partial charge in [0.2, 0.25) is 0 Å². The molecule has 0 heterocycles. The van der Waals surface area contributed by atoms with E-state index < -0.39 is 47.2 Å². The number of phenolic OH excluding ortho intramolecular Hbond substituents is 2. The Morgan fingerprint density at radius 2 is 1.39 bits per heavy atom. The zero-order valence-electron chi connectivity index (χ0n) is 16.4. The van der Waals surface area contributed by atoms with E-state index >= 15 is 0 Å². The van der Waals surface area contributed by atoms with E-state index in [1.807, 2.05) is 0 Å². The summed E-state index contributed by atoms with van der Waals surface area (Å²) in [7, 11) is -9.40. The molecule has 0 bridgehead atoms. The normalized spacial score (nSPS) is 12.7. The Morgan fingerprint density at radius 1 is 0.727 bits per heavy atom. The molecule has 0 fully saturated rings. The summed E-state index contributed by atoms with van der Waals surface area (Å²) >= 11 is 0. The van der Waals surface area contributed by atoms with Crippen molar-refractivity contribution < 1.29 is 36.2 Å². The standard InChI is InChI=1S/C20H15N3O8S2/c21-12-1-3-16-10(5-12)8-18(33(29,30)31)19(20(16)25)23-22-13-2-4-15-11(6-13)7-14(9-17(15)24)32(26,27)28/h1-9,24-25H,21H2,(H,26,27,28)(H,29,30,31)/b23-22+. The molecule has 4 aromatic rings. The summed E-state index contributed by atoms with van der Waals surface area (Å²) in [4.78, 5) is -1.24. The molecule has 11 nitrogen and oxygen atoms in total. The number of hydrogen-bond donors (Lipinski definition) is 5. The lowest BCUT2D eigenvalue weighted by Crippen LogP contribution is -1.99. The van der Waals surface area contributed by atoms with Gasteiger partial charge >= 0.3 is 0 Å². The van der Waals surface area contributed by atoms with Crippen LogP contribution in [0.4, 0.5) is 17.1 Å². The molecule has 0 saturated heterocycles. The van der Waals surface area contributed by atoms with Crippen molar-refractivity contribution in [2.75, 3.05) is 5.73 Å². The molecule has 0 spiro atoms. The predicted molar refractivity (Wildman–Crippen MR) is 119 cm³/mol. The van der Waals surface area contributed by atoms with Crippen molar-refractivity contribution in [1.82, 2.24) is 0 Å². The maximum Gasteiger partial charge on any atom is 0.296 e. The summed E-state index contributed by atoms with van der Waals surface area (Å²) in [5.41, 5.74) is 5.57. The van der Waals surface area contributed by atoms with Gasteiger partial charge in [-0.05, 0) is 59.3 Å². The Hall–Kier alpha value is -3.78. The lowest BCUT2D eigenvalue weighted by molar-refractivity contribution is 0.471. The molecule has 0 saturated carbocycles. The molecule has 0 atom stereocenters. The van der Waals surface area contributed by atoms with Gasteiger partial charge in [0.25, 0.3) is 20.2 Å². The van der Waals surface area contributed by atoms with Crippen LogP contribution in [0.5, 0.6) is 11.5 Å². The van der Waals surface area contributed by atoms with Crippen LogP contribution in [0.1, 0.15) is 0 Å². The minimum atomic E-state index is -4.81. The van der Waals surface area contributed by atoms with Crippen LogP contribution >= 0.6 is 0 Å². The molecule has 6 N–H and O–H groups in total. The largest absolute Gasteiger partial charge is 0.507 e. The van der Waals surface area contributed by atoms with Gasteiger partial charge in [0.1, 0.15) is 16.3 Å². The molecule has 4 aromatic carbocycles. The van der Waals surface area contributed by atoms with Crippen molar-refractivity contribution in [2.45, 2.75) is 9.79 Å². The number of rotatable bonds is 4. The average molecular weight is 489 g/mol. The second kappa shape index (κ2) is 7.67. The van der Waals surface area contributed by atoms with Crippen molar-refractivity contribution in [3.05, 3.63) is 54.6 Å². The summed E-state index contributed by atoms with van der Waals surface area (Å²) in [5, 5.41) is 29.2. The van der Waals surface area contributed by atoms with Gasteiger partial charge in [-0.15, -0.1) is 5.11 Å². The van der Waals surface area contributed by atoms with Crippen molar-refractivity contribution >= 4 is 58.8 Å². The van der Waals surface area contributed by atoms with Crippen LogP contribution in [0.15, 0.2) is 74.6 Å². The van der Waals surface area contributed by atoms with Gasteiger partial charge in [-0.25, -0.2) is 0 Å². The number of aromatic hydroxyl groups is 2. The van der Waals surface area contributed by atoms with Crippen molar-refractivity contribution in [3.63, 3.8) is 0 Å². The summed E-state index contributed by atoms with van der Waals surface area (Å²) < 4.78 is 65.5. The van der Waals surface area contributed by atoms with E-state index in [0.29, 0.717) is 5.69 Å². The average Bonchev–Trinajstić information content (AvgIpc) is 2.71. The zero-order chi connectivity index (χ0) is 24.1. The van der Waals surface area contributed by atoms with Gasteiger partial charge in [0.15, 0.2) is 5.75 Å². The number of nitrogens with zero attached hydrogens (tertiary/aromatic N) is 2. The first kappa shape index (κ1) is 22.4. The number of azo groups is 1. The van der Waals surface area contributed by atoms with Gasteiger partial charge in [0.05, 0.1) is 10.6 Å². The molecule has 0 unspecified atom stereocenters. The smallest absolute Gasteiger partial charge is 0.296 e. The van der Waals surface area contributed by atoms with E-state index in [1.54, 1.807) is 0 Å². The molecule has 0 radical (unpaired) electrons. The Morgan fingerprint density at radius 3 is 2.06 bits per heavy atom. The van der Waals surface area contributed by atoms with Gasteiger partial charge < -0.3 is 15.9 Å². The Balaban J connectivity index is 1.89. The van der Waals surface area contributed by atoms with E-state index in [0.717, 1.165) is 18.2 Å². The van der Waals surface area contributed by atoms with Crippen LogP contribution in [-0.4, -0.2) is 36.2 Å². The molecule has 4 rings (SSSR count). The number of fused-ring (bicyclic) bond motifs is 2. The SMILES string of the molecule is Nc1ccc2c(O)c(/N=N/c3ccc4c(O)cc(S(=O)(=O)O)cc4c3)c(S(=O)(=O)O)cc2c1. The molecule has 13 heteroatoms. The number of hydrogen-bond acceptors (Lipinski definition) is 9. The van der Waals surface area contributed by atoms with E-state index in [9.17, 15) is 36.2 Å². The third-order valence-electron chi connectivity index (χ3n) is 4.80. The van der Waals surface area contributed by atoms with Crippen molar-refractivity contribution in [1.29, 1.82) is 0 Å². The Bertz CT molecular complexity index is 1700. The molecule has 170 valence electrons. The van der Waals surface area contributed by atoms with Crippen molar-refractivity contribution in [2.24, 2.45) is 10.2 Å². The second-order valence-corrected chi connectivity index (χ2v) is 9.86. The molecule has 0 aromatic heterocycles. The summed E-state index contributed by atoms with van der Waals surface area (Å²) in [5.74, 6) is -0.959. The molecular weight excluding hydrogens is 474 g/mol. The second-order valence-electron chi connectivity index (χ2n) is 7.05. The fraction of sp³-hybridized carbons (Fsp3) is 0. The van der Waals surface area contributed by atoms with Crippen LogP contribution < -0.4 is 5.73 Å². The van der Waals surface area contributed by atoms with E-state index in [1.165, 1.54) is 36.4 Å². The molecular formula is C20H15N3O8S2. The fourth-order valence-corrected chi connectivity index (χ4v) is 4.49. The van der Waals surface area contributed by atoms with Crippen LogP contribution in [0.3, 0.4) is 0 Å². The predicted octanol–water partition coefficient (Wildman–Crippen LogP) is 3.90. The highest BCUT2D eigenvalue weighted by molar-refractivity contribution is 7.86. The maximum atomic E-state index is 11.9. The van der Waals surface area contributed by atoms with Gasteiger partial charge in [0, 0.05) is 22.5 Å². The topological polar surface area (TPSA) is 200 Å². The van der Waals surface area contributed by atoms with Crippen LogP contribution in [-0.2, 0) is 20.2 Å². The van der Waals surface area contributed by atoms with Gasteiger partial charge in [-0.3, -0.25) is 9.11 Å². The summed E-state index contributed by atoms with van der Waals surface area (Å²) in [6.07, 6.45) is 0. The first-order valence-corrected chi connectivity index (χ1v) is 11.9. The highest BCUT2D eigenvalue weighted by Gasteiger charge is 2.22. The number of anilines is 1. The summed E-state index contributed by atoms with van der Waals surface area (Å²) in [6, 6.07) is 11.5. The number of nitrogens with two attached hydrogens (primary N) is 1. The molecule has 0 aliphatic heterocycles. The number of benzene rings is 4. The van der Waals surface area contributed by atoms with Crippen LogP contribution in [0.25, 0.3) is 21.5 Å². The third kappa shape index (κ3) is 4.29.